The van der Waals surface area contributed by atoms with Gasteiger partial charge in [0.1, 0.15) is 5.82 Å². The van der Waals surface area contributed by atoms with Crippen molar-refractivity contribution in [2.75, 3.05) is 13.1 Å². The summed E-state index contributed by atoms with van der Waals surface area (Å²) >= 11 is 0. The zero-order chi connectivity index (χ0) is 15.2. The van der Waals surface area contributed by atoms with Crippen LogP contribution in [0.25, 0.3) is 6.08 Å². The summed E-state index contributed by atoms with van der Waals surface area (Å²) in [5.74, 6) is -0.266. The SMILES string of the molecule is CC(C)N(CC1CCCN1)C(=O)/C=C/c1ccc(F)cc1. The quantitative estimate of drug-likeness (QED) is 0.846. The van der Waals surface area contributed by atoms with Crippen molar-refractivity contribution < 1.29 is 9.18 Å². The maximum absolute atomic E-state index is 12.8. The van der Waals surface area contributed by atoms with Crippen molar-refractivity contribution in [2.45, 2.75) is 38.8 Å². The molecule has 1 N–H and O–H groups in total. The van der Waals surface area contributed by atoms with Gasteiger partial charge in [-0.2, -0.15) is 0 Å². The lowest BCUT2D eigenvalue weighted by molar-refractivity contribution is -0.127. The van der Waals surface area contributed by atoms with Crippen molar-refractivity contribution in [2.24, 2.45) is 0 Å². The molecular weight excluding hydrogens is 267 g/mol. The largest absolute Gasteiger partial charge is 0.335 e. The van der Waals surface area contributed by atoms with Gasteiger partial charge in [-0.25, -0.2) is 4.39 Å². The molecule has 1 aromatic rings. The first-order valence-electron chi connectivity index (χ1n) is 7.54. The molecule has 1 aromatic carbocycles. The number of benzene rings is 1. The Hall–Kier alpha value is -1.68. The number of nitrogens with zero attached hydrogens (tertiary/aromatic N) is 1. The van der Waals surface area contributed by atoms with Crippen LogP contribution in [0.3, 0.4) is 0 Å². The maximum Gasteiger partial charge on any atom is 0.246 e. The first-order valence-corrected chi connectivity index (χ1v) is 7.54. The van der Waals surface area contributed by atoms with Crippen LogP contribution in [0.15, 0.2) is 30.3 Å². The molecule has 1 aliphatic heterocycles. The highest BCUT2D eigenvalue weighted by molar-refractivity contribution is 5.92. The Morgan fingerprint density at radius 3 is 2.71 bits per heavy atom. The Morgan fingerprint density at radius 1 is 1.43 bits per heavy atom. The third-order valence-electron chi connectivity index (χ3n) is 3.77. The van der Waals surface area contributed by atoms with Crippen LogP contribution in [-0.2, 0) is 4.79 Å². The highest BCUT2D eigenvalue weighted by Crippen LogP contribution is 2.11. The van der Waals surface area contributed by atoms with Crippen molar-refractivity contribution >= 4 is 12.0 Å². The van der Waals surface area contributed by atoms with E-state index in [4.69, 9.17) is 0 Å². The van der Waals surface area contributed by atoms with E-state index in [2.05, 4.69) is 5.32 Å². The second-order valence-electron chi connectivity index (χ2n) is 5.76. The van der Waals surface area contributed by atoms with Gasteiger partial charge < -0.3 is 10.2 Å². The summed E-state index contributed by atoms with van der Waals surface area (Å²) in [6.07, 6.45) is 5.61. The molecule has 1 saturated heterocycles. The van der Waals surface area contributed by atoms with Crippen molar-refractivity contribution in [1.82, 2.24) is 10.2 Å². The Balaban J connectivity index is 1.98. The number of nitrogens with one attached hydrogen (secondary N) is 1. The molecule has 2 rings (SSSR count). The number of rotatable bonds is 5. The number of hydrogen-bond donors (Lipinski definition) is 1. The molecule has 0 saturated carbocycles. The number of carbonyl (C=O) groups excluding carboxylic acids is 1. The van der Waals surface area contributed by atoms with Gasteiger partial charge in [0.25, 0.3) is 0 Å². The van der Waals surface area contributed by atoms with Gasteiger partial charge in [-0.05, 0) is 57.0 Å². The number of amides is 1. The second kappa shape index (κ2) is 7.36. The highest BCUT2D eigenvalue weighted by Gasteiger charge is 2.22. The lowest BCUT2D eigenvalue weighted by Gasteiger charge is -2.28. The minimum absolute atomic E-state index is 0.00280. The molecule has 0 spiro atoms. The van der Waals surface area contributed by atoms with Crippen LogP contribution in [0, 0.1) is 5.82 Å². The van der Waals surface area contributed by atoms with E-state index in [9.17, 15) is 9.18 Å². The van der Waals surface area contributed by atoms with E-state index in [0.717, 1.165) is 25.1 Å². The minimum atomic E-state index is -0.269. The first kappa shape index (κ1) is 15.7. The minimum Gasteiger partial charge on any atom is -0.335 e. The van der Waals surface area contributed by atoms with Crippen molar-refractivity contribution in [3.8, 4) is 0 Å². The molecule has 1 heterocycles. The van der Waals surface area contributed by atoms with Gasteiger partial charge in [-0.15, -0.1) is 0 Å². The van der Waals surface area contributed by atoms with Crippen LogP contribution in [0.2, 0.25) is 0 Å². The topological polar surface area (TPSA) is 32.3 Å². The normalized spacial score (nSPS) is 18.6. The Morgan fingerprint density at radius 2 is 2.14 bits per heavy atom. The van der Waals surface area contributed by atoms with Crippen molar-refractivity contribution in [3.05, 3.63) is 41.7 Å². The molecule has 1 amide bonds. The molecule has 0 aromatic heterocycles. The zero-order valence-corrected chi connectivity index (χ0v) is 12.7. The molecule has 1 atom stereocenters. The summed E-state index contributed by atoms with van der Waals surface area (Å²) in [5, 5.41) is 3.42. The number of halogens is 1. The monoisotopic (exact) mass is 290 g/mol. The van der Waals surface area contributed by atoms with E-state index in [-0.39, 0.29) is 17.8 Å². The fourth-order valence-corrected chi connectivity index (χ4v) is 2.54. The lowest BCUT2D eigenvalue weighted by Crippen LogP contribution is -2.44. The number of hydrogen-bond acceptors (Lipinski definition) is 2. The summed E-state index contributed by atoms with van der Waals surface area (Å²) < 4.78 is 12.8. The molecule has 4 heteroatoms. The Kier molecular flexibility index (Phi) is 5.51. The van der Waals surface area contributed by atoms with Gasteiger partial charge in [-0.3, -0.25) is 4.79 Å². The molecule has 0 aliphatic carbocycles. The highest BCUT2D eigenvalue weighted by atomic mass is 19.1. The maximum atomic E-state index is 12.8. The van der Waals surface area contributed by atoms with Crippen LogP contribution in [0.4, 0.5) is 4.39 Å². The third-order valence-corrected chi connectivity index (χ3v) is 3.77. The van der Waals surface area contributed by atoms with Crippen molar-refractivity contribution in [3.63, 3.8) is 0 Å². The smallest absolute Gasteiger partial charge is 0.246 e. The van der Waals surface area contributed by atoms with Crippen LogP contribution < -0.4 is 5.32 Å². The molecule has 1 fully saturated rings. The first-order chi connectivity index (χ1) is 10.1. The van der Waals surface area contributed by atoms with Gasteiger partial charge in [0, 0.05) is 24.7 Å². The van der Waals surface area contributed by atoms with Gasteiger partial charge in [0.2, 0.25) is 5.91 Å². The van der Waals surface area contributed by atoms with E-state index in [0.29, 0.717) is 6.04 Å². The fourth-order valence-electron chi connectivity index (χ4n) is 2.54. The standard InChI is InChI=1S/C17H23FN2O/c1-13(2)20(12-16-4-3-11-19-16)17(21)10-7-14-5-8-15(18)9-6-14/h5-10,13,16,19H,3-4,11-12H2,1-2H3/b10-7+. The average molecular weight is 290 g/mol. The van der Waals surface area contributed by atoms with Crippen LogP contribution in [0.5, 0.6) is 0 Å². The molecule has 114 valence electrons. The molecule has 3 nitrogen and oxygen atoms in total. The molecular formula is C17H23FN2O. The Bertz CT molecular complexity index is 490. The second-order valence-corrected chi connectivity index (χ2v) is 5.76. The zero-order valence-electron chi connectivity index (χ0n) is 12.7. The van der Waals surface area contributed by atoms with E-state index < -0.39 is 0 Å². The summed E-state index contributed by atoms with van der Waals surface area (Å²) in [6.45, 7) is 5.83. The summed E-state index contributed by atoms with van der Waals surface area (Å²) in [7, 11) is 0. The van der Waals surface area contributed by atoms with E-state index in [1.807, 2.05) is 18.7 Å². The van der Waals surface area contributed by atoms with Crippen LogP contribution in [-0.4, -0.2) is 36.0 Å². The van der Waals surface area contributed by atoms with Gasteiger partial charge in [0.05, 0.1) is 0 Å². The van der Waals surface area contributed by atoms with Gasteiger partial charge in [0.15, 0.2) is 0 Å². The van der Waals surface area contributed by atoms with E-state index in [1.165, 1.54) is 18.6 Å². The van der Waals surface area contributed by atoms with E-state index >= 15 is 0 Å². The molecule has 0 bridgehead atoms. The molecule has 1 unspecified atom stereocenters. The molecule has 0 radical (unpaired) electrons. The van der Waals surface area contributed by atoms with Gasteiger partial charge in [-0.1, -0.05) is 12.1 Å². The number of carbonyl (C=O) groups is 1. The summed E-state index contributed by atoms with van der Waals surface area (Å²) in [6, 6.07) is 6.68. The predicted octanol–water partition coefficient (Wildman–Crippen LogP) is 2.83. The lowest BCUT2D eigenvalue weighted by atomic mass is 10.1. The third kappa shape index (κ3) is 4.67. The molecule has 21 heavy (non-hydrogen) atoms. The summed E-state index contributed by atoms with van der Waals surface area (Å²) in [4.78, 5) is 14.2. The van der Waals surface area contributed by atoms with Gasteiger partial charge >= 0.3 is 0 Å². The average Bonchev–Trinajstić information content (AvgIpc) is 2.96. The molecule has 1 aliphatic rings. The predicted molar refractivity (Wildman–Crippen MR) is 83.3 cm³/mol. The van der Waals surface area contributed by atoms with Crippen LogP contribution in [0.1, 0.15) is 32.3 Å². The van der Waals surface area contributed by atoms with Crippen molar-refractivity contribution in [1.29, 1.82) is 0 Å². The van der Waals surface area contributed by atoms with Crippen LogP contribution >= 0.6 is 0 Å². The Labute approximate surface area is 125 Å². The fraction of sp³-hybridized carbons (Fsp3) is 0.471. The summed E-state index contributed by atoms with van der Waals surface area (Å²) in [5.41, 5.74) is 0.826. The van der Waals surface area contributed by atoms with E-state index in [1.54, 1.807) is 24.3 Å².